The lowest BCUT2D eigenvalue weighted by molar-refractivity contribution is -0.936. The second-order valence-corrected chi connectivity index (χ2v) is 7.51. The summed E-state index contributed by atoms with van der Waals surface area (Å²) in [7, 11) is 0. The Bertz CT molecular complexity index is 269. The summed E-state index contributed by atoms with van der Waals surface area (Å²) in [5.74, 6) is 6.29. The Morgan fingerprint density at radius 1 is 0.583 bits per heavy atom. The lowest BCUT2D eigenvalue weighted by atomic mass is 10.1. The highest BCUT2D eigenvalue weighted by Crippen LogP contribution is 2.11. The first-order valence-electron chi connectivity index (χ1n) is 11.0. The highest BCUT2D eigenvalue weighted by molar-refractivity contribution is 4.81. The number of allylic oxidation sites excluding steroid dienone is 2. The molecule has 0 unspecified atom stereocenters. The summed E-state index contributed by atoms with van der Waals surface area (Å²) in [4.78, 5) is 0. The molecule has 0 spiro atoms. The topological polar surface area (TPSA) is 26.0 Å². The van der Waals surface area contributed by atoms with Gasteiger partial charge in [0, 0.05) is 0 Å². The second kappa shape index (κ2) is 17.5. The highest BCUT2D eigenvalue weighted by atomic mass is 15.6. The molecule has 2 N–H and O–H groups in total. The zero-order valence-corrected chi connectivity index (χ0v) is 17.2. The molecule has 24 heavy (non-hydrogen) atoms. The van der Waals surface area contributed by atoms with E-state index in [4.69, 9.17) is 5.84 Å². The average Bonchev–Trinajstić information content (AvgIpc) is 2.61. The standard InChI is InChI=1S/C22H47N2/c1-4-7-8-9-10-11-12-13-14-15-16-17-18-19-20-21-22-24(23,5-2)6-3/h13-14H,4-12,15-23H2,1-3H3/q+1. The molecular formula is C22H47N2+. The highest BCUT2D eigenvalue weighted by Gasteiger charge is 2.16. The molecule has 0 aromatic heterocycles. The van der Waals surface area contributed by atoms with Gasteiger partial charge in [0.2, 0.25) is 0 Å². The van der Waals surface area contributed by atoms with Crippen molar-refractivity contribution in [2.24, 2.45) is 5.84 Å². The van der Waals surface area contributed by atoms with Crippen LogP contribution in [0.15, 0.2) is 12.2 Å². The van der Waals surface area contributed by atoms with Gasteiger partial charge in [-0.2, -0.15) is 5.84 Å². The van der Waals surface area contributed by atoms with Crippen molar-refractivity contribution in [1.29, 1.82) is 0 Å². The maximum Gasteiger partial charge on any atom is 0.0960 e. The largest absolute Gasteiger partial charge is 0.249 e. The quantitative estimate of drug-likeness (QED) is 0.0964. The average molecular weight is 340 g/mol. The molecule has 0 heterocycles. The number of hydrogen-bond donors (Lipinski definition) is 1. The number of rotatable bonds is 18. The van der Waals surface area contributed by atoms with E-state index in [-0.39, 0.29) is 0 Å². The van der Waals surface area contributed by atoms with Crippen molar-refractivity contribution in [2.75, 3.05) is 19.6 Å². The molecule has 0 bridgehead atoms. The minimum absolute atomic E-state index is 0.753. The molecular weight excluding hydrogens is 292 g/mol. The van der Waals surface area contributed by atoms with E-state index in [0.29, 0.717) is 0 Å². The van der Waals surface area contributed by atoms with Crippen LogP contribution >= 0.6 is 0 Å². The molecule has 2 heteroatoms. The van der Waals surface area contributed by atoms with Gasteiger partial charge in [-0.05, 0) is 52.4 Å². The van der Waals surface area contributed by atoms with Gasteiger partial charge < -0.3 is 0 Å². The Morgan fingerprint density at radius 3 is 1.46 bits per heavy atom. The first-order valence-corrected chi connectivity index (χ1v) is 11.0. The summed E-state index contributed by atoms with van der Waals surface area (Å²) in [6, 6.07) is 0. The Kier molecular flexibility index (Phi) is 17.2. The van der Waals surface area contributed by atoms with Gasteiger partial charge in [-0.3, -0.25) is 0 Å². The van der Waals surface area contributed by atoms with Crippen molar-refractivity contribution in [3.63, 3.8) is 0 Å². The van der Waals surface area contributed by atoms with Gasteiger partial charge in [0.1, 0.15) is 0 Å². The molecule has 0 aliphatic heterocycles. The summed E-state index contributed by atoms with van der Waals surface area (Å²) in [6.07, 6.45) is 24.0. The molecule has 0 atom stereocenters. The van der Waals surface area contributed by atoms with E-state index in [9.17, 15) is 0 Å². The third-order valence-corrected chi connectivity index (χ3v) is 5.37. The Morgan fingerprint density at radius 2 is 1.00 bits per heavy atom. The van der Waals surface area contributed by atoms with Crippen LogP contribution in [-0.2, 0) is 0 Å². The molecule has 0 aliphatic carbocycles. The number of quaternary nitrogens is 1. The third kappa shape index (κ3) is 15.2. The van der Waals surface area contributed by atoms with Gasteiger partial charge in [0.05, 0.1) is 19.6 Å². The second-order valence-electron chi connectivity index (χ2n) is 7.51. The predicted molar refractivity (Wildman–Crippen MR) is 110 cm³/mol. The summed E-state index contributed by atoms with van der Waals surface area (Å²) in [5.41, 5.74) is 0. The minimum Gasteiger partial charge on any atom is -0.249 e. The van der Waals surface area contributed by atoms with Crippen LogP contribution in [0.25, 0.3) is 0 Å². The van der Waals surface area contributed by atoms with Gasteiger partial charge in [-0.25, -0.2) is 4.59 Å². The predicted octanol–water partition coefficient (Wildman–Crippen LogP) is 6.75. The molecule has 0 fully saturated rings. The molecule has 0 amide bonds. The molecule has 0 saturated heterocycles. The fourth-order valence-electron chi connectivity index (χ4n) is 3.21. The fourth-order valence-corrected chi connectivity index (χ4v) is 3.21. The number of unbranched alkanes of at least 4 members (excludes halogenated alkanes) is 12. The maximum atomic E-state index is 6.29. The van der Waals surface area contributed by atoms with E-state index >= 15 is 0 Å². The lowest BCUT2D eigenvalue weighted by Gasteiger charge is -2.30. The third-order valence-electron chi connectivity index (χ3n) is 5.37. The van der Waals surface area contributed by atoms with Crippen molar-refractivity contribution < 1.29 is 4.59 Å². The van der Waals surface area contributed by atoms with Crippen LogP contribution in [0.5, 0.6) is 0 Å². The van der Waals surface area contributed by atoms with E-state index in [2.05, 4.69) is 32.9 Å². The van der Waals surface area contributed by atoms with E-state index in [1.54, 1.807) is 0 Å². The molecule has 0 aliphatic rings. The van der Waals surface area contributed by atoms with E-state index in [1.807, 2.05) is 0 Å². The van der Waals surface area contributed by atoms with Gasteiger partial charge >= 0.3 is 0 Å². The monoisotopic (exact) mass is 339 g/mol. The SMILES string of the molecule is CCCCCCCCC=CCCCCCCCC[N+](N)(CC)CC. The van der Waals surface area contributed by atoms with Crippen LogP contribution in [0.4, 0.5) is 0 Å². The molecule has 144 valence electrons. The lowest BCUT2D eigenvalue weighted by Crippen LogP contribution is -2.54. The van der Waals surface area contributed by atoms with Gasteiger partial charge in [0.15, 0.2) is 0 Å². The van der Waals surface area contributed by atoms with Crippen molar-refractivity contribution in [1.82, 2.24) is 0 Å². The van der Waals surface area contributed by atoms with Crippen molar-refractivity contribution in [3.8, 4) is 0 Å². The van der Waals surface area contributed by atoms with Crippen LogP contribution in [0.3, 0.4) is 0 Å². The van der Waals surface area contributed by atoms with Crippen molar-refractivity contribution in [3.05, 3.63) is 12.2 Å². The van der Waals surface area contributed by atoms with Gasteiger partial charge in [0.25, 0.3) is 0 Å². The number of nitrogens with zero attached hydrogens (tertiary/aromatic N) is 1. The Hall–Kier alpha value is -0.340. The Labute approximate surface area is 153 Å². The van der Waals surface area contributed by atoms with Crippen molar-refractivity contribution in [2.45, 2.75) is 111 Å². The fraction of sp³-hybridized carbons (Fsp3) is 0.909. The van der Waals surface area contributed by atoms with Crippen LogP contribution < -0.4 is 5.84 Å². The zero-order valence-electron chi connectivity index (χ0n) is 17.2. The maximum absolute atomic E-state index is 6.29. The van der Waals surface area contributed by atoms with E-state index < -0.39 is 0 Å². The van der Waals surface area contributed by atoms with E-state index in [1.165, 1.54) is 89.9 Å². The molecule has 2 nitrogen and oxygen atoms in total. The van der Waals surface area contributed by atoms with Gasteiger partial charge in [-0.1, -0.05) is 70.4 Å². The first kappa shape index (κ1) is 23.7. The first-order chi connectivity index (χ1) is 11.7. The zero-order chi connectivity index (χ0) is 17.9. The molecule has 0 rings (SSSR count). The van der Waals surface area contributed by atoms with Crippen LogP contribution in [0, 0.1) is 0 Å². The summed E-state index contributed by atoms with van der Waals surface area (Å²) < 4.78 is 0.753. The van der Waals surface area contributed by atoms with E-state index in [0.717, 1.165) is 24.2 Å². The van der Waals surface area contributed by atoms with Gasteiger partial charge in [-0.15, -0.1) is 0 Å². The number of nitrogens with two attached hydrogens (primary N) is 1. The minimum atomic E-state index is 0.753. The normalized spacial score (nSPS) is 12.3. The summed E-state index contributed by atoms with van der Waals surface area (Å²) in [5, 5.41) is 0. The Balaban J connectivity index is 3.23. The molecule has 0 aromatic carbocycles. The van der Waals surface area contributed by atoms with Crippen LogP contribution in [-0.4, -0.2) is 24.2 Å². The summed E-state index contributed by atoms with van der Waals surface area (Å²) in [6.45, 7) is 9.94. The van der Waals surface area contributed by atoms with Crippen LogP contribution in [0.2, 0.25) is 0 Å². The number of hydrogen-bond acceptors (Lipinski definition) is 1. The van der Waals surface area contributed by atoms with Crippen LogP contribution in [0.1, 0.15) is 111 Å². The summed E-state index contributed by atoms with van der Waals surface area (Å²) >= 11 is 0. The smallest absolute Gasteiger partial charge is 0.0960 e. The molecule has 0 aromatic rings. The van der Waals surface area contributed by atoms with Crippen molar-refractivity contribution >= 4 is 0 Å². The molecule has 0 saturated carbocycles. The molecule has 0 radical (unpaired) electrons.